The number of aryl methyl sites for hydroxylation is 1. The van der Waals surface area contributed by atoms with Gasteiger partial charge in [0.05, 0.1) is 18.5 Å². The summed E-state index contributed by atoms with van der Waals surface area (Å²) in [5.74, 6) is 0.408. The van der Waals surface area contributed by atoms with Crippen molar-refractivity contribution >= 4 is 26.7 Å². The minimum Gasteiger partial charge on any atom is -0.493 e. The minimum atomic E-state index is -3.69. The maximum absolute atomic E-state index is 13.6. The number of amides is 1. The van der Waals surface area contributed by atoms with Crippen LogP contribution in [0.15, 0.2) is 53.9 Å². The van der Waals surface area contributed by atoms with E-state index in [-0.39, 0.29) is 17.5 Å². The van der Waals surface area contributed by atoms with Gasteiger partial charge in [-0.05, 0) is 30.2 Å². The Labute approximate surface area is 182 Å². The summed E-state index contributed by atoms with van der Waals surface area (Å²) < 4.78 is 34.7. The Morgan fingerprint density at radius 2 is 1.90 bits per heavy atom. The predicted octanol–water partition coefficient (Wildman–Crippen LogP) is 2.51. The van der Waals surface area contributed by atoms with Crippen LogP contribution in [-0.2, 0) is 17.1 Å². The molecule has 8 nitrogen and oxygen atoms in total. The Balaban J connectivity index is 1.60. The molecule has 0 radical (unpaired) electrons. The van der Waals surface area contributed by atoms with E-state index in [1.54, 1.807) is 16.5 Å². The molecule has 2 heterocycles. The average molecular weight is 443 g/mol. The summed E-state index contributed by atoms with van der Waals surface area (Å²) in [4.78, 5) is 19.3. The largest absolute Gasteiger partial charge is 0.493 e. The van der Waals surface area contributed by atoms with Gasteiger partial charge in [-0.1, -0.05) is 30.3 Å². The molecule has 0 bridgehead atoms. The van der Waals surface area contributed by atoms with Crippen LogP contribution in [0.5, 0.6) is 5.75 Å². The number of sulfonamides is 1. The van der Waals surface area contributed by atoms with Crippen LogP contribution in [0, 0.1) is 0 Å². The molecule has 0 atom stereocenters. The quantitative estimate of drug-likeness (QED) is 0.606. The highest BCUT2D eigenvalue weighted by molar-refractivity contribution is 7.89. The molecule has 1 fully saturated rings. The second-order valence-corrected chi connectivity index (χ2v) is 9.40. The van der Waals surface area contributed by atoms with Gasteiger partial charge in [0.2, 0.25) is 0 Å². The molecular weight excluding hydrogens is 416 g/mol. The number of imidazole rings is 1. The average Bonchev–Trinajstić information content (AvgIpc) is 3.06. The highest BCUT2D eigenvalue weighted by atomic mass is 32.2. The lowest BCUT2D eigenvalue weighted by Gasteiger charge is -2.23. The Bertz CT molecular complexity index is 1210. The van der Waals surface area contributed by atoms with E-state index in [0.29, 0.717) is 44.0 Å². The molecule has 0 aliphatic carbocycles. The molecule has 0 unspecified atom stereocenters. The van der Waals surface area contributed by atoms with Crippen LogP contribution in [-0.4, -0.2) is 65.9 Å². The van der Waals surface area contributed by atoms with Crippen molar-refractivity contribution in [2.75, 3.05) is 32.8 Å². The summed E-state index contributed by atoms with van der Waals surface area (Å²) in [6.45, 7) is 3.68. The van der Waals surface area contributed by atoms with Gasteiger partial charge in [-0.2, -0.15) is 4.31 Å². The molecule has 1 saturated heterocycles. The Morgan fingerprint density at radius 1 is 1.10 bits per heavy atom. The molecule has 0 spiro atoms. The minimum absolute atomic E-state index is 0.0301. The second-order valence-electron chi connectivity index (χ2n) is 7.52. The van der Waals surface area contributed by atoms with E-state index < -0.39 is 10.0 Å². The Kier molecular flexibility index (Phi) is 5.97. The fourth-order valence-electron chi connectivity index (χ4n) is 3.90. The normalized spacial score (nSPS) is 15.7. The summed E-state index contributed by atoms with van der Waals surface area (Å²) in [7, 11) is -1.96. The third kappa shape index (κ3) is 4.15. The molecule has 2 aromatic carbocycles. The van der Waals surface area contributed by atoms with Gasteiger partial charge in [0, 0.05) is 39.4 Å². The van der Waals surface area contributed by atoms with E-state index in [9.17, 15) is 13.2 Å². The van der Waals surface area contributed by atoms with Crippen LogP contribution >= 0.6 is 0 Å². The van der Waals surface area contributed by atoms with E-state index in [2.05, 4.69) is 4.98 Å². The van der Waals surface area contributed by atoms with Crippen LogP contribution in [0.25, 0.3) is 10.8 Å². The highest BCUT2D eigenvalue weighted by Crippen LogP contribution is 2.30. The number of hydrogen-bond acceptors (Lipinski definition) is 5. The monoisotopic (exact) mass is 442 g/mol. The van der Waals surface area contributed by atoms with Gasteiger partial charge >= 0.3 is 0 Å². The number of nitrogens with zero attached hydrogens (tertiary/aromatic N) is 4. The maximum Gasteiger partial charge on any atom is 0.262 e. The number of rotatable bonds is 5. The van der Waals surface area contributed by atoms with Gasteiger partial charge in [-0.3, -0.25) is 4.79 Å². The Hall–Kier alpha value is -2.91. The molecule has 1 aromatic heterocycles. The molecule has 164 valence electrons. The summed E-state index contributed by atoms with van der Waals surface area (Å²) in [5, 5.41) is 1.83. The van der Waals surface area contributed by atoms with Crippen molar-refractivity contribution in [2.45, 2.75) is 18.4 Å². The molecule has 31 heavy (non-hydrogen) atoms. The highest BCUT2D eigenvalue weighted by Gasteiger charge is 2.31. The lowest BCUT2D eigenvalue weighted by molar-refractivity contribution is 0.0762. The molecule has 1 amide bonds. The molecule has 0 N–H and O–H groups in total. The van der Waals surface area contributed by atoms with Crippen molar-refractivity contribution in [2.24, 2.45) is 7.05 Å². The van der Waals surface area contributed by atoms with E-state index in [1.165, 1.54) is 16.8 Å². The predicted molar refractivity (Wildman–Crippen MR) is 118 cm³/mol. The Morgan fingerprint density at radius 3 is 2.65 bits per heavy atom. The van der Waals surface area contributed by atoms with Gasteiger partial charge in [0.1, 0.15) is 5.75 Å². The lowest BCUT2D eigenvalue weighted by Crippen LogP contribution is -2.37. The summed E-state index contributed by atoms with van der Waals surface area (Å²) >= 11 is 0. The third-order valence-electron chi connectivity index (χ3n) is 5.43. The van der Waals surface area contributed by atoms with Crippen LogP contribution < -0.4 is 4.74 Å². The number of hydrogen-bond donors (Lipinski definition) is 0. The van der Waals surface area contributed by atoms with Crippen LogP contribution in [0.3, 0.4) is 0 Å². The second kappa shape index (κ2) is 8.68. The van der Waals surface area contributed by atoms with Gasteiger partial charge in [0.15, 0.2) is 5.03 Å². The van der Waals surface area contributed by atoms with E-state index in [0.717, 1.165) is 10.8 Å². The van der Waals surface area contributed by atoms with Crippen molar-refractivity contribution in [3.8, 4) is 5.75 Å². The maximum atomic E-state index is 13.6. The molecule has 0 saturated carbocycles. The summed E-state index contributed by atoms with van der Waals surface area (Å²) in [6.07, 6.45) is 3.51. The lowest BCUT2D eigenvalue weighted by atomic mass is 10.0. The fourth-order valence-corrected chi connectivity index (χ4v) is 5.33. The van der Waals surface area contributed by atoms with E-state index in [1.807, 2.05) is 43.3 Å². The first-order chi connectivity index (χ1) is 14.9. The smallest absolute Gasteiger partial charge is 0.262 e. The molecule has 4 rings (SSSR count). The number of aromatic nitrogens is 2. The van der Waals surface area contributed by atoms with Crippen molar-refractivity contribution in [1.29, 1.82) is 0 Å². The first-order valence-corrected chi connectivity index (χ1v) is 11.8. The van der Waals surface area contributed by atoms with Gasteiger partial charge in [0.25, 0.3) is 15.9 Å². The molecular formula is C22H26N4O4S. The van der Waals surface area contributed by atoms with Crippen molar-refractivity contribution in [3.63, 3.8) is 0 Å². The third-order valence-corrected chi connectivity index (χ3v) is 7.22. The van der Waals surface area contributed by atoms with E-state index >= 15 is 0 Å². The van der Waals surface area contributed by atoms with Crippen molar-refractivity contribution < 1.29 is 17.9 Å². The molecule has 3 aromatic rings. The van der Waals surface area contributed by atoms with Gasteiger partial charge < -0.3 is 14.2 Å². The molecule has 1 aliphatic heterocycles. The van der Waals surface area contributed by atoms with Crippen LogP contribution in [0.1, 0.15) is 23.7 Å². The topological polar surface area (TPSA) is 84.7 Å². The van der Waals surface area contributed by atoms with Crippen molar-refractivity contribution in [3.05, 3.63) is 54.5 Å². The number of carbonyl (C=O) groups is 1. The number of ether oxygens (including phenoxy) is 1. The van der Waals surface area contributed by atoms with E-state index in [4.69, 9.17) is 4.74 Å². The van der Waals surface area contributed by atoms with Crippen LogP contribution in [0.4, 0.5) is 0 Å². The fraction of sp³-hybridized carbons (Fsp3) is 0.364. The van der Waals surface area contributed by atoms with Crippen molar-refractivity contribution in [1.82, 2.24) is 18.8 Å². The van der Waals surface area contributed by atoms with Crippen LogP contribution in [0.2, 0.25) is 0 Å². The van der Waals surface area contributed by atoms with Gasteiger partial charge in [-0.25, -0.2) is 13.4 Å². The number of benzene rings is 2. The summed E-state index contributed by atoms with van der Waals surface area (Å²) in [6, 6.07) is 11.5. The zero-order chi connectivity index (χ0) is 22.0. The molecule has 1 aliphatic rings. The zero-order valence-corrected chi connectivity index (χ0v) is 18.5. The number of carbonyl (C=O) groups excluding carboxylic acids is 1. The number of fused-ring (bicyclic) bond motifs is 1. The zero-order valence-electron chi connectivity index (χ0n) is 17.7. The SMILES string of the molecule is CCOc1ccc2ccccc2c1C(=O)N1CCCN(S(=O)(=O)c2cn(C)cn2)CC1. The standard InChI is InChI=1S/C22H26N4O4S/c1-3-30-19-10-9-17-7-4-5-8-18(17)21(19)22(27)25-11-6-12-26(14-13-25)31(28,29)20-15-24(2)16-23-20/h4-5,7-10,15-16H,3,6,11-14H2,1-2H3. The molecule has 9 heteroatoms. The first kappa shape index (κ1) is 21.3. The first-order valence-electron chi connectivity index (χ1n) is 10.3. The summed E-state index contributed by atoms with van der Waals surface area (Å²) in [5.41, 5.74) is 0.529. The van der Waals surface area contributed by atoms with Gasteiger partial charge in [-0.15, -0.1) is 0 Å².